The molecule has 182 valence electrons. The van der Waals surface area contributed by atoms with Gasteiger partial charge in [0.25, 0.3) is 11.8 Å². The van der Waals surface area contributed by atoms with E-state index in [1.165, 1.54) is 47.8 Å². The number of nitrogens with zero attached hydrogens (tertiary/aromatic N) is 3. The summed E-state index contributed by atoms with van der Waals surface area (Å²) in [5.74, 6) is -0.862. The number of rotatable bonds is 8. The standard InChI is InChI=1S/C28H25FN4O3/c1-3-36-23-9-6-8-22(17-23)33(28(35)25-18-30-15-16-31-25)26(24-10-5-4-7-19(24)2)27(34)32-21-13-11-20(29)12-14-21/h4-18,26H,3H2,1-2H3,(H,32,34)/t26-/m0/s1. The molecule has 1 N–H and O–H groups in total. The first-order valence-electron chi connectivity index (χ1n) is 11.4. The fourth-order valence-electron chi connectivity index (χ4n) is 3.84. The van der Waals surface area contributed by atoms with Crippen molar-refractivity contribution in [2.45, 2.75) is 19.9 Å². The van der Waals surface area contributed by atoms with Crippen LogP contribution in [0.3, 0.4) is 0 Å². The van der Waals surface area contributed by atoms with Crippen molar-refractivity contribution in [3.05, 3.63) is 114 Å². The Labute approximate surface area is 208 Å². The summed E-state index contributed by atoms with van der Waals surface area (Å²) >= 11 is 0. The van der Waals surface area contributed by atoms with Crippen molar-refractivity contribution in [1.82, 2.24) is 9.97 Å². The van der Waals surface area contributed by atoms with Gasteiger partial charge < -0.3 is 10.1 Å². The molecular formula is C28H25FN4O3. The number of carbonyl (C=O) groups excluding carboxylic acids is 2. The summed E-state index contributed by atoms with van der Waals surface area (Å²) in [6, 6.07) is 18.7. The highest BCUT2D eigenvalue weighted by molar-refractivity contribution is 6.11. The first-order valence-corrected chi connectivity index (χ1v) is 11.4. The van der Waals surface area contributed by atoms with Gasteiger partial charge in [0.05, 0.1) is 12.8 Å². The van der Waals surface area contributed by atoms with E-state index in [-0.39, 0.29) is 5.69 Å². The largest absolute Gasteiger partial charge is 0.494 e. The number of amides is 2. The quantitative estimate of drug-likeness (QED) is 0.365. The predicted octanol–water partition coefficient (Wildman–Crippen LogP) is 5.35. The zero-order valence-corrected chi connectivity index (χ0v) is 19.9. The number of halogens is 1. The molecule has 2 amide bonds. The van der Waals surface area contributed by atoms with Crippen LogP contribution in [0.2, 0.25) is 0 Å². The van der Waals surface area contributed by atoms with Crippen LogP contribution in [0.25, 0.3) is 0 Å². The van der Waals surface area contributed by atoms with Crippen LogP contribution in [0.4, 0.5) is 15.8 Å². The third-order valence-electron chi connectivity index (χ3n) is 5.51. The van der Waals surface area contributed by atoms with Crippen molar-refractivity contribution < 1.29 is 18.7 Å². The van der Waals surface area contributed by atoms with Crippen molar-refractivity contribution in [3.63, 3.8) is 0 Å². The van der Waals surface area contributed by atoms with E-state index >= 15 is 0 Å². The second-order valence-electron chi connectivity index (χ2n) is 7.95. The van der Waals surface area contributed by atoms with Crippen molar-refractivity contribution in [2.75, 3.05) is 16.8 Å². The van der Waals surface area contributed by atoms with Crippen LogP contribution in [-0.4, -0.2) is 28.4 Å². The highest BCUT2D eigenvalue weighted by atomic mass is 19.1. The minimum Gasteiger partial charge on any atom is -0.494 e. The van der Waals surface area contributed by atoms with E-state index in [2.05, 4.69) is 15.3 Å². The fraction of sp³-hybridized carbons (Fsp3) is 0.143. The predicted molar refractivity (Wildman–Crippen MR) is 135 cm³/mol. The summed E-state index contributed by atoms with van der Waals surface area (Å²) in [4.78, 5) is 37.3. The van der Waals surface area contributed by atoms with Gasteiger partial charge in [0.2, 0.25) is 0 Å². The SMILES string of the molecule is CCOc1cccc(N(C(=O)c2cnccn2)[C@H](C(=O)Nc2ccc(F)cc2)c2ccccc2C)c1. The number of aromatic nitrogens is 2. The van der Waals surface area contributed by atoms with Gasteiger partial charge >= 0.3 is 0 Å². The molecule has 3 aromatic carbocycles. The van der Waals surface area contributed by atoms with Gasteiger partial charge in [-0.1, -0.05) is 30.3 Å². The maximum absolute atomic E-state index is 13.9. The number of carbonyl (C=O) groups is 2. The first-order chi connectivity index (χ1) is 17.5. The number of nitrogens with one attached hydrogen (secondary N) is 1. The Kier molecular flexibility index (Phi) is 7.65. The van der Waals surface area contributed by atoms with Crippen molar-refractivity contribution >= 4 is 23.2 Å². The average Bonchev–Trinajstić information content (AvgIpc) is 2.89. The van der Waals surface area contributed by atoms with E-state index in [1.54, 1.807) is 30.3 Å². The third kappa shape index (κ3) is 5.55. The fourth-order valence-corrected chi connectivity index (χ4v) is 3.84. The summed E-state index contributed by atoms with van der Waals surface area (Å²) in [5.41, 5.74) is 2.35. The minimum atomic E-state index is -1.08. The Bertz CT molecular complexity index is 1350. The van der Waals surface area contributed by atoms with E-state index in [0.29, 0.717) is 29.3 Å². The zero-order valence-electron chi connectivity index (χ0n) is 19.9. The minimum absolute atomic E-state index is 0.0764. The van der Waals surface area contributed by atoms with Gasteiger partial charge in [-0.05, 0) is 61.4 Å². The molecule has 0 radical (unpaired) electrons. The Hall–Kier alpha value is -4.59. The number of aryl methyl sites for hydroxylation is 1. The molecule has 1 atom stereocenters. The summed E-state index contributed by atoms with van der Waals surface area (Å²) in [5, 5.41) is 2.82. The normalized spacial score (nSPS) is 11.4. The molecule has 0 saturated carbocycles. The lowest BCUT2D eigenvalue weighted by Gasteiger charge is -2.32. The first kappa shape index (κ1) is 24.5. The number of ether oxygens (including phenoxy) is 1. The Balaban J connectivity index is 1.87. The Morgan fingerprint density at radius 3 is 2.50 bits per heavy atom. The summed E-state index contributed by atoms with van der Waals surface area (Å²) in [6.07, 6.45) is 4.24. The van der Waals surface area contributed by atoms with E-state index in [9.17, 15) is 14.0 Å². The molecule has 0 aliphatic rings. The summed E-state index contributed by atoms with van der Waals surface area (Å²) in [6.45, 7) is 4.17. The maximum atomic E-state index is 13.9. The Morgan fingerprint density at radius 1 is 1.03 bits per heavy atom. The van der Waals surface area contributed by atoms with Crippen LogP contribution in [0.5, 0.6) is 5.75 Å². The van der Waals surface area contributed by atoms with Crippen molar-refractivity contribution in [3.8, 4) is 5.75 Å². The topological polar surface area (TPSA) is 84.4 Å². The summed E-state index contributed by atoms with van der Waals surface area (Å²) < 4.78 is 19.1. The molecule has 1 aromatic heterocycles. The number of hydrogen-bond acceptors (Lipinski definition) is 5. The lowest BCUT2D eigenvalue weighted by Crippen LogP contribution is -2.42. The average molecular weight is 485 g/mol. The lowest BCUT2D eigenvalue weighted by molar-refractivity contribution is -0.117. The second kappa shape index (κ2) is 11.2. The molecule has 36 heavy (non-hydrogen) atoms. The van der Waals surface area contributed by atoms with Gasteiger partial charge in [0.1, 0.15) is 23.3 Å². The molecule has 8 heteroatoms. The highest BCUT2D eigenvalue weighted by Gasteiger charge is 2.35. The van der Waals surface area contributed by atoms with E-state index in [4.69, 9.17) is 4.74 Å². The highest BCUT2D eigenvalue weighted by Crippen LogP contribution is 2.33. The van der Waals surface area contributed by atoms with Crippen LogP contribution in [0, 0.1) is 12.7 Å². The number of benzene rings is 3. The second-order valence-corrected chi connectivity index (χ2v) is 7.95. The van der Waals surface area contributed by atoms with Crippen molar-refractivity contribution in [1.29, 1.82) is 0 Å². The third-order valence-corrected chi connectivity index (χ3v) is 5.51. The number of hydrogen-bond donors (Lipinski definition) is 1. The van der Waals surface area contributed by atoms with Gasteiger partial charge in [0, 0.05) is 29.8 Å². The van der Waals surface area contributed by atoms with Crippen LogP contribution < -0.4 is 15.0 Å². The lowest BCUT2D eigenvalue weighted by atomic mass is 9.97. The zero-order chi connectivity index (χ0) is 25.5. The van der Waals surface area contributed by atoms with Crippen LogP contribution >= 0.6 is 0 Å². The molecule has 0 fully saturated rings. The van der Waals surface area contributed by atoms with Gasteiger partial charge in [-0.15, -0.1) is 0 Å². The molecule has 4 aromatic rings. The molecule has 0 unspecified atom stereocenters. The summed E-state index contributed by atoms with van der Waals surface area (Å²) in [7, 11) is 0. The van der Waals surface area contributed by atoms with Crippen LogP contribution in [0.15, 0.2) is 91.4 Å². The number of anilines is 2. The molecular weight excluding hydrogens is 459 g/mol. The van der Waals surface area contributed by atoms with Gasteiger partial charge in [0.15, 0.2) is 0 Å². The molecule has 0 bridgehead atoms. The van der Waals surface area contributed by atoms with E-state index in [1.807, 2.05) is 32.0 Å². The van der Waals surface area contributed by atoms with E-state index < -0.39 is 23.7 Å². The molecule has 1 heterocycles. The maximum Gasteiger partial charge on any atom is 0.279 e. The van der Waals surface area contributed by atoms with E-state index in [0.717, 1.165) is 5.56 Å². The van der Waals surface area contributed by atoms with Crippen LogP contribution in [-0.2, 0) is 4.79 Å². The molecule has 4 rings (SSSR count). The molecule has 0 saturated heterocycles. The van der Waals surface area contributed by atoms with Gasteiger partial charge in [-0.3, -0.25) is 19.5 Å². The van der Waals surface area contributed by atoms with Crippen LogP contribution in [0.1, 0.15) is 34.6 Å². The monoisotopic (exact) mass is 484 g/mol. The van der Waals surface area contributed by atoms with Gasteiger partial charge in [-0.2, -0.15) is 0 Å². The molecule has 0 spiro atoms. The molecule has 7 nitrogen and oxygen atoms in total. The smallest absolute Gasteiger partial charge is 0.279 e. The Morgan fingerprint density at radius 2 is 1.81 bits per heavy atom. The molecule has 0 aliphatic carbocycles. The van der Waals surface area contributed by atoms with Gasteiger partial charge in [-0.25, -0.2) is 9.37 Å². The molecule has 0 aliphatic heterocycles. The van der Waals surface area contributed by atoms with Crippen molar-refractivity contribution in [2.24, 2.45) is 0 Å².